The first kappa shape index (κ1) is 16.7. The van der Waals surface area contributed by atoms with Gasteiger partial charge in [-0.2, -0.15) is 5.26 Å². The topological polar surface area (TPSA) is 53.3 Å². The SMILES string of the molecule is COCC[C@@H](Cc1cccc(Br)c1)C(=O)N(C)CC#N. The number of amides is 1. The van der Waals surface area contributed by atoms with Crippen molar-refractivity contribution in [1.82, 2.24) is 4.90 Å². The van der Waals surface area contributed by atoms with Gasteiger partial charge in [0.05, 0.1) is 6.07 Å². The van der Waals surface area contributed by atoms with Crippen LogP contribution in [0.5, 0.6) is 0 Å². The molecule has 0 saturated heterocycles. The summed E-state index contributed by atoms with van der Waals surface area (Å²) in [6, 6.07) is 9.92. The van der Waals surface area contributed by atoms with E-state index in [1.165, 1.54) is 4.90 Å². The van der Waals surface area contributed by atoms with Crippen molar-refractivity contribution in [2.75, 3.05) is 27.3 Å². The number of hydrogen-bond acceptors (Lipinski definition) is 3. The lowest BCUT2D eigenvalue weighted by molar-refractivity contribution is -0.134. The Bertz CT molecular complexity index is 485. The lowest BCUT2D eigenvalue weighted by atomic mass is 9.95. The molecule has 0 aromatic heterocycles. The van der Waals surface area contributed by atoms with Crippen molar-refractivity contribution < 1.29 is 9.53 Å². The summed E-state index contributed by atoms with van der Waals surface area (Å²) < 4.78 is 6.08. The molecule has 0 heterocycles. The van der Waals surface area contributed by atoms with Crippen molar-refractivity contribution in [3.63, 3.8) is 0 Å². The third-order valence-corrected chi connectivity index (χ3v) is 3.57. The number of hydrogen-bond donors (Lipinski definition) is 0. The van der Waals surface area contributed by atoms with Gasteiger partial charge in [-0.1, -0.05) is 28.1 Å². The Balaban J connectivity index is 2.78. The van der Waals surface area contributed by atoms with E-state index >= 15 is 0 Å². The van der Waals surface area contributed by atoms with E-state index in [-0.39, 0.29) is 18.4 Å². The van der Waals surface area contributed by atoms with Gasteiger partial charge in [0, 0.05) is 31.2 Å². The molecule has 0 fully saturated rings. The van der Waals surface area contributed by atoms with Crippen LogP contribution in [0.4, 0.5) is 0 Å². The van der Waals surface area contributed by atoms with E-state index in [2.05, 4.69) is 15.9 Å². The van der Waals surface area contributed by atoms with Crippen LogP contribution >= 0.6 is 15.9 Å². The van der Waals surface area contributed by atoms with Crippen molar-refractivity contribution in [3.8, 4) is 6.07 Å². The minimum Gasteiger partial charge on any atom is -0.385 e. The van der Waals surface area contributed by atoms with Crippen molar-refractivity contribution in [1.29, 1.82) is 5.26 Å². The average molecular weight is 339 g/mol. The first-order chi connectivity index (χ1) is 9.58. The standard InChI is InChI=1S/C15H19BrN2O2/c1-18(8-7-17)15(19)13(6-9-20-2)10-12-4-3-5-14(16)11-12/h3-5,11,13H,6,8-10H2,1-2H3/t13-/m0/s1. The molecule has 1 rings (SSSR count). The van der Waals surface area contributed by atoms with E-state index in [9.17, 15) is 4.79 Å². The molecule has 1 aromatic rings. The minimum atomic E-state index is -0.164. The van der Waals surface area contributed by atoms with Gasteiger partial charge in [0.2, 0.25) is 5.91 Å². The highest BCUT2D eigenvalue weighted by Crippen LogP contribution is 2.18. The number of nitriles is 1. The molecule has 0 aliphatic rings. The number of halogens is 1. The van der Waals surface area contributed by atoms with Gasteiger partial charge in [-0.3, -0.25) is 4.79 Å². The Kier molecular flexibility index (Phi) is 7.27. The number of rotatable bonds is 7. The minimum absolute atomic E-state index is 0.0106. The van der Waals surface area contributed by atoms with Gasteiger partial charge < -0.3 is 9.64 Å². The zero-order valence-corrected chi connectivity index (χ0v) is 13.4. The Morgan fingerprint density at radius 2 is 2.30 bits per heavy atom. The van der Waals surface area contributed by atoms with Crippen molar-refractivity contribution in [3.05, 3.63) is 34.3 Å². The summed E-state index contributed by atoms with van der Waals surface area (Å²) in [5, 5.41) is 8.69. The molecule has 0 aliphatic carbocycles. The molecule has 108 valence electrons. The van der Waals surface area contributed by atoms with Crippen LogP contribution < -0.4 is 0 Å². The van der Waals surface area contributed by atoms with Gasteiger partial charge in [-0.25, -0.2) is 0 Å². The fraction of sp³-hybridized carbons (Fsp3) is 0.467. The first-order valence-corrected chi connectivity index (χ1v) is 7.23. The van der Waals surface area contributed by atoms with Gasteiger partial charge in [-0.05, 0) is 30.5 Å². The maximum absolute atomic E-state index is 12.3. The smallest absolute Gasteiger partial charge is 0.226 e. The molecular formula is C15H19BrN2O2. The Morgan fingerprint density at radius 3 is 2.90 bits per heavy atom. The quantitative estimate of drug-likeness (QED) is 0.718. The van der Waals surface area contributed by atoms with Crippen LogP contribution in [-0.2, 0) is 16.0 Å². The van der Waals surface area contributed by atoms with Gasteiger partial charge in [0.25, 0.3) is 0 Å². The number of carbonyl (C=O) groups is 1. The second kappa shape index (κ2) is 8.72. The van der Waals surface area contributed by atoms with E-state index in [1.807, 2.05) is 30.3 Å². The van der Waals surface area contributed by atoms with E-state index < -0.39 is 0 Å². The summed E-state index contributed by atoms with van der Waals surface area (Å²) in [7, 11) is 3.28. The summed E-state index contributed by atoms with van der Waals surface area (Å²) >= 11 is 3.43. The molecule has 0 bridgehead atoms. The number of benzene rings is 1. The summed E-state index contributed by atoms with van der Waals surface area (Å²) in [5.74, 6) is -0.175. The molecule has 4 nitrogen and oxygen atoms in total. The third-order valence-electron chi connectivity index (χ3n) is 3.07. The van der Waals surface area contributed by atoms with Crippen molar-refractivity contribution in [2.24, 2.45) is 5.92 Å². The maximum atomic E-state index is 12.3. The molecule has 0 radical (unpaired) electrons. The monoisotopic (exact) mass is 338 g/mol. The number of carbonyl (C=O) groups excluding carboxylic acids is 1. The molecule has 0 unspecified atom stereocenters. The second-order valence-electron chi connectivity index (χ2n) is 4.66. The average Bonchev–Trinajstić information content (AvgIpc) is 2.43. The molecule has 0 N–H and O–H groups in total. The van der Waals surface area contributed by atoms with Gasteiger partial charge in [-0.15, -0.1) is 0 Å². The van der Waals surface area contributed by atoms with Gasteiger partial charge >= 0.3 is 0 Å². The largest absolute Gasteiger partial charge is 0.385 e. The molecule has 1 atom stereocenters. The van der Waals surface area contributed by atoms with Crippen LogP contribution in [0.3, 0.4) is 0 Å². The Labute approximate surface area is 128 Å². The summed E-state index contributed by atoms with van der Waals surface area (Å²) in [6.07, 6.45) is 1.30. The predicted molar refractivity (Wildman–Crippen MR) is 81.1 cm³/mol. The molecule has 0 spiro atoms. The highest BCUT2D eigenvalue weighted by Gasteiger charge is 2.22. The number of ether oxygens (including phenoxy) is 1. The fourth-order valence-electron chi connectivity index (χ4n) is 2.02. The molecule has 1 aromatic carbocycles. The third kappa shape index (κ3) is 5.32. The highest BCUT2D eigenvalue weighted by atomic mass is 79.9. The van der Waals surface area contributed by atoms with Crippen LogP contribution in [-0.4, -0.2) is 38.1 Å². The van der Waals surface area contributed by atoms with Gasteiger partial charge in [0.15, 0.2) is 0 Å². The zero-order valence-electron chi connectivity index (χ0n) is 11.8. The Morgan fingerprint density at radius 1 is 1.55 bits per heavy atom. The van der Waals surface area contributed by atoms with Crippen molar-refractivity contribution in [2.45, 2.75) is 12.8 Å². The summed E-state index contributed by atoms with van der Waals surface area (Å²) in [5.41, 5.74) is 1.10. The summed E-state index contributed by atoms with van der Waals surface area (Å²) in [4.78, 5) is 13.8. The molecular weight excluding hydrogens is 320 g/mol. The van der Waals surface area contributed by atoms with E-state index in [1.54, 1.807) is 14.2 Å². The Hall–Kier alpha value is -1.38. The molecule has 0 saturated carbocycles. The lowest BCUT2D eigenvalue weighted by Crippen LogP contribution is -2.34. The van der Waals surface area contributed by atoms with Crippen LogP contribution in [0.25, 0.3) is 0 Å². The van der Waals surface area contributed by atoms with Crippen LogP contribution in [0, 0.1) is 17.2 Å². The van der Waals surface area contributed by atoms with Crippen LogP contribution in [0.1, 0.15) is 12.0 Å². The normalized spacial score (nSPS) is 11.7. The first-order valence-electron chi connectivity index (χ1n) is 6.43. The highest BCUT2D eigenvalue weighted by molar-refractivity contribution is 9.10. The van der Waals surface area contributed by atoms with E-state index in [0.29, 0.717) is 19.4 Å². The van der Waals surface area contributed by atoms with E-state index in [0.717, 1.165) is 10.0 Å². The molecule has 20 heavy (non-hydrogen) atoms. The second-order valence-corrected chi connectivity index (χ2v) is 5.58. The van der Waals surface area contributed by atoms with E-state index in [4.69, 9.17) is 10.00 Å². The number of methoxy groups -OCH3 is 1. The molecule has 1 amide bonds. The molecule has 5 heteroatoms. The fourth-order valence-corrected chi connectivity index (χ4v) is 2.46. The van der Waals surface area contributed by atoms with Crippen LogP contribution in [0.2, 0.25) is 0 Å². The summed E-state index contributed by atoms with van der Waals surface area (Å²) in [6.45, 7) is 0.644. The molecule has 0 aliphatic heterocycles. The lowest BCUT2D eigenvalue weighted by Gasteiger charge is -2.22. The predicted octanol–water partition coefficient (Wildman–Crippen LogP) is 2.63. The van der Waals surface area contributed by atoms with Crippen molar-refractivity contribution >= 4 is 21.8 Å². The van der Waals surface area contributed by atoms with Gasteiger partial charge in [0.1, 0.15) is 6.54 Å². The number of nitrogens with zero attached hydrogens (tertiary/aromatic N) is 2. The zero-order chi connectivity index (χ0) is 15.0. The van der Waals surface area contributed by atoms with Crippen LogP contribution in [0.15, 0.2) is 28.7 Å². The maximum Gasteiger partial charge on any atom is 0.226 e.